The fourth-order valence-corrected chi connectivity index (χ4v) is 3.17. The molecule has 1 aromatic heterocycles. The summed E-state index contributed by atoms with van der Waals surface area (Å²) < 4.78 is 24.6. The fourth-order valence-electron chi connectivity index (χ4n) is 2.30. The topological polar surface area (TPSA) is 114 Å². The van der Waals surface area contributed by atoms with Crippen molar-refractivity contribution in [1.82, 2.24) is 14.2 Å². The van der Waals surface area contributed by atoms with Crippen molar-refractivity contribution in [2.45, 2.75) is 0 Å². The van der Waals surface area contributed by atoms with Crippen LogP contribution in [-0.2, 0) is 14.8 Å². The maximum atomic E-state index is 12.4. The molecule has 2 rings (SSSR count). The first-order valence-corrected chi connectivity index (χ1v) is 8.58. The lowest BCUT2D eigenvalue weighted by molar-refractivity contribution is -0.122. The van der Waals surface area contributed by atoms with Crippen molar-refractivity contribution >= 4 is 21.8 Å². The van der Waals surface area contributed by atoms with Crippen LogP contribution in [0.4, 0.5) is 0 Å². The highest BCUT2D eigenvalue weighted by atomic mass is 32.2. The minimum Gasteiger partial charge on any atom is -0.369 e. The van der Waals surface area contributed by atoms with Crippen LogP contribution in [-0.4, -0.2) is 66.9 Å². The molecule has 2 amide bonds. The average Bonchev–Trinajstić information content (AvgIpc) is 2.70. The van der Waals surface area contributed by atoms with Crippen molar-refractivity contribution < 1.29 is 18.0 Å². The number of nitrogens with zero attached hydrogens (tertiary/aromatic N) is 3. The summed E-state index contributed by atoms with van der Waals surface area (Å²) in [5, 5.41) is 0. The van der Waals surface area contributed by atoms with Gasteiger partial charge in [-0.1, -0.05) is 6.07 Å². The second-order valence-electron chi connectivity index (χ2n) is 5.19. The molecule has 0 saturated carbocycles. The van der Waals surface area contributed by atoms with E-state index >= 15 is 0 Å². The van der Waals surface area contributed by atoms with Crippen LogP contribution in [0.2, 0.25) is 0 Å². The van der Waals surface area contributed by atoms with E-state index in [1.165, 1.54) is 15.4 Å². The first-order valence-electron chi connectivity index (χ1n) is 6.74. The third-order valence-corrected chi connectivity index (χ3v) is 4.80. The van der Waals surface area contributed by atoms with Crippen LogP contribution in [0.25, 0.3) is 0 Å². The lowest BCUT2D eigenvalue weighted by Gasteiger charge is -2.22. The summed E-state index contributed by atoms with van der Waals surface area (Å²) in [4.78, 5) is 29.4. The number of sulfonamides is 1. The molecule has 0 aliphatic carbocycles. The molecule has 2 N–H and O–H groups in total. The van der Waals surface area contributed by atoms with Gasteiger partial charge >= 0.3 is 0 Å². The van der Waals surface area contributed by atoms with Gasteiger partial charge in [-0.15, -0.1) is 0 Å². The third kappa shape index (κ3) is 3.80. The van der Waals surface area contributed by atoms with Crippen LogP contribution in [0.5, 0.6) is 0 Å². The van der Waals surface area contributed by atoms with E-state index in [1.807, 2.05) is 0 Å². The molecule has 1 atom stereocenters. The van der Waals surface area contributed by atoms with E-state index in [0.29, 0.717) is 0 Å². The summed E-state index contributed by atoms with van der Waals surface area (Å²) in [6.07, 6.45) is 2.57. The van der Waals surface area contributed by atoms with E-state index in [2.05, 4.69) is 4.98 Å². The molecule has 1 saturated heterocycles. The van der Waals surface area contributed by atoms with E-state index in [9.17, 15) is 18.0 Å². The van der Waals surface area contributed by atoms with Crippen molar-refractivity contribution in [2.24, 2.45) is 11.7 Å². The molecule has 1 aliphatic heterocycles. The van der Waals surface area contributed by atoms with E-state index in [4.69, 9.17) is 5.73 Å². The molecule has 0 radical (unpaired) electrons. The van der Waals surface area contributed by atoms with Gasteiger partial charge in [-0.3, -0.25) is 14.6 Å². The Balaban J connectivity index is 2.23. The van der Waals surface area contributed by atoms with Crippen LogP contribution in [0, 0.1) is 5.92 Å². The maximum absolute atomic E-state index is 12.4. The minimum absolute atomic E-state index is 0.0137. The van der Waals surface area contributed by atoms with Gasteiger partial charge in [0.1, 0.15) is 5.69 Å². The average molecular weight is 326 g/mol. The molecule has 0 spiro atoms. The summed E-state index contributed by atoms with van der Waals surface area (Å²) in [6, 6.07) is 4.95. The molecule has 120 valence electrons. The summed E-state index contributed by atoms with van der Waals surface area (Å²) in [7, 11) is -3.46. The number of pyridine rings is 1. The minimum atomic E-state index is -3.46. The van der Waals surface area contributed by atoms with Gasteiger partial charge in [0.15, 0.2) is 0 Å². The Bertz CT molecular complexity index is 662. The summed E-state index contributed by atoms with van der Waals surface area (Å²) in [5.74, 6) is -1.72. The zero-order valence-electron chi connectivity index (χ0n) is 12.2. The monoisotopic (exact) mass is 326 g/mol. The van der Waals surface area contributed by atoms with Gasteiger partial charge in [0.25, 0.3) is 5.91 Å². The number of amides is 2. The molecule has 9 heteroatoms. The van der Waals surface area contributed by atoms with E-state index in [1.54, 1.807) is 18.2 Å². The van der Waals surface area contributed by atoms with E-state index in [-0.39, 0.29) is 37.8 Å². The first kappa shape index (κ1) is 16.4. The second kappa shape index (κ2) is 6.41. The smallest absolute Gasteiger partial charge is 0.272 e. The number of hydrogen-bond donors (Lipinski definition) is 1. The lowest BCUT2D eigenvalue weighted by Crippen LogP contribution is -2.41. The second-order valence-corrected chi connectivity index (χ2v) is 7.17. The van der Waals surface area contributed by atoms with Gasteiger partial charge in [-0.2, -0.15) is 4.31 Å². The zero-order chi connectivity index (χ0) is 16.3. The Morgan fingerprint density at radius 3 is 2.55 bits per heavy atom. The van der Waals surface area contributed by atoms with Crippen molar-refractivity contribution in [3.63, 3.8) is 0 Å². The van der Waals surface area contributed by atoms with Crippen LogP contribution in [0.15, 0.2) is 24.4 Å². The molecule has 22 heavy (non-hydrogen) atoms. The molecule has 1 fully saturated rings. The van der Waals surface area contributed by atoms with Gasteiger partial charge < -0.3 is 10.6 Å². The third-order valence-electron chi connectivity index (χ3n) is 3.53. The Morgan fingerprint density at radius 2 is 2.00 bits per heavy atom. The van der Waals surface area contributed by atoms with E-state index < -0.39 is 21.8 Å². The largest absolute Gasteiger partial charge is 0.369 e. The highest BCUT2D eigenvalue weighted by molar-refractivity contribution is 7.88. The SMILES string of the molecule is CS(=O)(=O)N1CCN(C(=O)c2ccccn2)CC(C(N)=O)C1. The molecule has 1 aromatic rings. The standard InChI is InChI=1S/C13H18N4O4S/c1-22(20,21)17-7-6-16(8-10(9-17)12(14)18)13(19)11-4-2-3-5-15-11/h2-5,10H,6-9H2,1H3,(H2,14,18). The van der Waals surface area contributed by atoms with Gasteiger partial charge in [0, 0.05) is 32.4 Å². The molecule has 2 heterocycles. The van der Waals surface area contributed by atoms with Gasteiger partial charge in [0.05, 0.1) is 12.2 Å². The number of primary amides is 1. The van der Waals surface area contributed by atoms with Crippen LogP contribution in [0.3, 0.4) is 0 Å². The molecule has 1 unspecified atom stereocenters. The highest BCUT2D eigenvalue weighted by Gasteiger charge is 2.32. The fraction of sp³-hybridized carbons (Fsp3) is 0.462. The Kier molecular flexibility index (Phi) is 4.77. The lowest BCUT2D eigenvalue weighted by atomic mass is 10.1. The van der Waals surface area contributed by atoms with Crippen molar-refractivity contribution in [3.8, 4) is 0 Å². The van der Waals surface area contributed by atoms with Crippen LogP contribution < -0.4 is 5.73 Å². The summed E-state index contributed by atoms with van der Waals surface area (Å²) in [5.41, 5.74) is 5.58. The molecule has 8 nitrogen and oxygen atoms in total. The Hall–Kier alpha value is -2.00. The zero-order valence-corrected chi connectivity index (χ0v) is 13.0. The van der Waals surface area contributed by atoms with Gasteiger partial charge in [-0.05, 0) is 12.1 Å². The molecular formula is C13H18N4O4S. The van der Waals surface area contributed by atoms with Gasteiger partial charge in [0.2, 0.25) is 15.9 Å². The quantitative estimate of drug-likeness (QED) is 0.757. The van der Waals surface area contributed by atoms with Crippen LogP contribution >= 0.6 is 0 Å². The molecule has 0 aromatic carbocycles. The predicted octanol–water partition coefficient (Wildman–Crippen LogP) is -1.10. The molecule has 1 aliphatic rings. The number of nitrogens with two attached hydrogens (primary N) is 1. The normalized spacial score (nSPS) is 20.4. The van der Waals surface area contributed by atoms with Crippen molar-refractivity contribution in [3.05, 3.63) is 30.1 Å². The summed E-state index contributed by atoms with van der Waals surface area (Å²) in [6.45, 7) is 0.379. The first-order chi connectivity index (χ1) is 10.3. The number of hydrogen-bond acceptors (Lipinski definition) is 5. The number of carbonyl (C=O) groups is 2. The van der Waals surface area contributed by atoms with Crippen molar-refractivity contribution in [1.29, 1.82) is 0 Å². The number of carbonyl (C=O) groups excluding carboxylic acids is 2. The van der Waals surface area contributed by atoms with Crippen molar-refractivity contribution in [2.75, 3.05) is 32.4 Å². The number of aromatic nitrogens is 1. The summed E-state index contributed by atoms with van der Waals surface area (Å²) >= 11 is 0. The molecular weight excluding hydrogens is 308 g/mol. The molecule has 0 bridgehead atoms. The maximum Gasteiger partial charge on any atom is 0.272 e. The highest BCUT2D eigenvalue weighted by Crippen LogP contribution is 2.14. The van der Waals surface area contributed by atoms with Gasteiger partial charge in [-0.25, -0.2) is 8.42 Å². The van der Waals surface area contributed by atoms with E-state index in [0.717, 1.165) is 6.26 Å². The predicted molar refractivity (Wildman–Crippen MR) is 79.2 cm³/mol. The Labute approximate surface area is 129 Å². The van der Waals surface area contributed by atoms with Crippen LogP contribution in [0.1, 0.15) is 10.5 Å². The number of rotatable bonds is 3. The Morgan fingerprint density at radius 1 is 1.27 bits per heavy atom.